The van der Waals surface area contributed by atoms with Crippen molar-refractivity contribution in [3.8, 4) is 5.75 Å². The maximum Gasteiger partial charge on any atom is 0.224 e. The Bertz CT molecular complexity index is 963. The Morgan fingerprint density at radius 1 is 1.07 bits per heavy atom. The highest BCUT2D eigenvalue weighted by Crippen LogP contribution is 2.33. The van der Waals surface area contributed by atoms with Crippen LogP contribution in [0.3, 0.4) is 0 Å². The van der Waals surface area contributed by atoms with Gasteiger partial charge in [-0.3, -0.25) is 4.79 Å². The van der Waals surface area contributed by atoms with Crippen molar-refractivity contribution in [3.63, 3.8) is 0 Å². The van der Waals surface area contributed by atoms with Gasteiger partial charge in [0.15, 0.2) is 9.84 Å². The second kappa shape index (κ2) is 8.69. The van der Waals surface area contributed by atoms with Gasteiger partial charge in [0.2, 0.25) is 5.91 Å². The lowest BCUT2D eigenvalue weighted by molar-refractivity contribution is -0.120. The van der Waals surface area contributed by atoms with Gasteiger partial charge in [0.05, 0.1) is 13.5 Å². The minimum atomic E-state index is -3.56. The number of methoxy groups -OCH3 is 1. The monoisotopic (exact) mass is 421 g/mol. The number of hydrogen-bond donors (Lipinski definition) is 1. The molecule has 1 N–H and O–H groups in total. The molecule has 0 bridgehead atoms. The number of thiophene rings is 2. The molecule has 0 aliphatic carbocycles. The Morgan fingerprint density at radius 3 is 2.37 bits per heavy atom. The van der Waals surface area contributed by atoms with E-state index < -0.39 is 15.1 Å². The number of sulfone groups is 1. The van der Waals surface area contributed by atoms with Crippen LogP contribution in [0, 0.1) is 0 Å². The summed E-state index contributed by atoms with van der Waals surface area (Å²) in [6.07, 6.45) is 0.181. The minimum Gasteiger partial charge on any atom is -0.497 e. The number of carbonyl (C=O) groups excluding carboxylic acids is 1. The third kappa shape index (κ3) is 4.77. The molecule has 0 aliphatic rings. The molecule has 2 heterocycles. The summed E-state index contributed by atoms with van der Waals surface area (Å²) < 4.78 is 31.4. The molecular formula is C19H19NO4S3. The van der Waals surface area contributed by atoms with E-state index in [1.54, 1.807) is 42.8 Å². The molecular weight excluding hydrogens is 402 g/mol. The molecule has 0 unspecified atom stereocenters. The fourth-order valence-electron chi connectivity index (χ4n) is 2.60. The van der Waals surface area contributed by atoms with E-state index in [-0.39, 0.29) is 18.9 Å². The first-order valence-corrected chi connectivity index (χ1v) is 11.5. The lowest BCUT2D eigenvalue weighted by Crippen LogP contribution is -2.32. The molecule has 1 atom stereocenters. The van der Waals surface area contributed by atoms with Crippen molar-refractivity contribution in [2.45, 2.75) is 15.9 Å². The van der Waals surface area contributed by atoms with E-state index >= 15 is 0 Å². The van der Waals surface area contributed by atoms with Crippen molar-refractivity contribution in [2.75, 3.05) is 13.7 Å². The summed E-state index contributed by atoms with van der Waals surface area (Å²) in [5, 5.41) is 5.56. The molecule has 2 aromatic heterocycles. The zero-order chi connectivity index (χ0) is 19.3. The first-order chi connectivity index (χ1) is 13.0. The van der Waals surface area contributed by atoms with Gasteiger partial charge >= 0.3 is 0 Å². The van der Waals surface area contributed by atoms with Gasteiger partial charge in [0.25, 0.3) is 0 Å². The molecule has 1 aromatic carbocycles. The summed E-state index contributed by atoms with van der Waals surface area (Å²) in [4.78, 5) is 13.0. The minimum absolute atomic E-state index is 0.0374. The lowest BCUT2D eigenvalue weighted by atomic mass is 10.1. The average molecular weight is 422 g/mol. The van der Waals surface area contributed by atoms with Crippen molar-refractivity contribution in [1.82, 2.24) is 5.32 Å². The first-order valence-electron chi connectivity index (χ1n) is 8.21. The van der Waals surface area contributed by atoms with Crippen LogP contribution in [0.15, 0.2) is 63.5 Å². The van der Waals surface area contributed by atoms with E-state index in [0.717, 1.165) is 11.3 Å². The fourth-order valence-corrected chi connectivity index (χ4v) is 6.59. The van der Waals surface area contributed by atoms with Gasteiger partial charge in [-0.25, -0.2) is 8.42 Å². The molecule has 1 amide bonds. The summed E-state index contributed by atoms with van der Waals surface area (Å²) in [7, 11) is -1.98. The molecule has 0 aliphatic heterocycles. The fraction of sp³-hybridized carbons (Fsp3) is 0.211. The van der Waals surface area contributed by atoms with Gasteiger partial charge in [-0.05, 0) is 40.6 Å². The predicted octanol–water partition coefficient (Wildman–Crippen LogP) is 3.69. The van der Waals surface area contributed by atoms with E-state index in [9.17, 15) is 13.2 Å². The van der Waals surface area contributed by atoms with Gasteiger partial charge in [0.1, 0.15) is 15.2 Å². The quantitative estimate of drug-likeness (QED) is 0.602. The van der Waals surface area contributed by atoms with E-state index in [0.29, 0.717) is 9.09 Å². The number of hydrogen-bond acceptors (Lipinski definition) is 6. The molecule has 3 aromatic rings. The SMILES string of the molecule is COc1ccc(CC(=O)NC[C@@H](c2cccs2)S(=O)(=O)c2cccs2)cc1. The molecule has 5 nitrogen and oxygen atoms in total. The van der Waals surface area contributed by atoms with Crippen molar-refractivity contribution < 1.29 is 17.9 Å². The normalized spacial score (nSPS) is 12.5. The Balaban J connectivity index is 1.70. The summed E-state index contributed by atoms with van der Waals surface area (Å²) >= 11 is 2.56. The molecule has 0 saturated heterocycles. The number of ether oxygens (including phenoxy) is 1. The molecule has 142 valence electrons. The van der Waals surface area contributed by atoms with Crippen LogP contribution in [0.25, 0.3) is 0 Å². The van der Waals surface area contributed by atoms with Crippen LogP contribution in [0.4, 0.5) is 0 Å². The van der Waals surface area contributed by atoms with E-state index in [1.165, 1.54) is 22.7 Å². The smallest absolute Gasteiger partial charge is 0.224 e. The van der Waals surface area contributed by atoms with Crippen LogP contribution in [0.5, 0.6) is 5.75 Å². The topological polar surface area (TPSA) is 72.5 Å². The van der Waals surface area contributed by atoms with Gasteiger partial charge < -0.3 is 10.1 Å². The Labute approximate surface area is 166 Å². The average Bonchev–Trinajstić information content (AvgIpc) is 3.37. The summed E-state index contributed by atoms with van der Waals surface area (Å²) in [5.74, 6) is 0.502. The largest absolute Gasteiger partial charge is 0.497 e. The van der Waals surface area contributed by atoms with Crippen LogP contribution in [0.2, 0.25) is 0 Å². The van der Waals surface area contributed by atoms with E-state index in [4.69, 9.17) is 4.74 Å². The van der Waals surface area contributed by atoms with Gasteiger partial charge in [-0.1, -0.05) is 24.3 Å². The van der Waals surface area contributed by atoms with E-state index in [1.807, 2.05) is 23.6 Å². The van der Waals surface area contributed by atoms with Crippen molar-refractivity contribution in [3.05, 3.63) is 69.7 Å². The number of benzene rings is 1. The molecule has 8 heteroatoms. The molecule has 3 rings (SSSR count). The van der Waals surface area contributed by atoms with Gasteiger partial charge in [0, 0.05) is 11.4 Å². The highest BCUT2D eigenvalue weighted by Gasteiger charge is 2.31. The number of carbonyl (C=O) groups is 1. The van der Waals surface area contributed by atoms with Gasteiger partial charge in [-0.15, -0.1) is 22.7 Å². The third-order valence-corrected chi connectivity index (χ3v) is 8.67. The maximum atomic E-state index is 13.0. The molecule has 0 spiro atoms. The lowest BCUT2D eigenvalue weighted by Gasteiger charge is -2.16. The van der Waals surface area contributed by atoms with E-state index in [2.05, 4.69) is 5.32 Å². The summed E-state index contributed by atoms with van der Waals surface area (Å²) in [6.45, 7) is 0.0374. The Morgan fingerprint density at radius 2 is 1.78 bits per heavy atom. The van der Waals surface area contributed by atoms with Crippen LogP contribution in [-0.4, -0.2) is 28.0 Å². The number of nitrogens with one attached hydrogen (secondary N) is 1. The zero-order valence-corrected chi connectivity index (χ0v) is 17.1. The second-order valence-electron chi connectivity index (χ2n) is 5.81. The van der Waals surface area contributed by atoms with Crippen molar-refractivity contribution >= 4 is 38.4 Å². The third-order valence-electron chi connectivity index (χ3n) is 4.02. The highest BCUT2D eigenvalue weighted by atomic mass is 32.2. The maximum absolute atomic E-state index is 13.0. The number of amides is 1. The van der Waals surface area contributed by atoms with Crippen LogP contribution in [-0.2, 0) is 21.1 Å². The molecule has 0 radical (unpaired) electrons. The molecule has 0 fully saturated rings. The zero-order valence-electron chi connectivity index (χ0n) is 14.6. The Kier molecular flexibility index (Phi) is 6.30. The van der Waals surface area contributed by atoms with Crippen LogP contribution >= 0.6 is 22.7 Å². The van der Waals surface area contributed by atoms with Crippen LogP contribution in [0.1, 0.15) is 15.7 Å². The molecule has 27 heavy (non-hydrogen) atoms. The number of rotatable bonds is 8. The van der Waals surface area contributed by atoms with Crippen LogP contribution < -0.4 is 10.1 Å². The highest BCUT2D eigenvalue weighted by molar-refractivity contribution is 7.93. The predicted molar refractivity (Wildman–Crippen MR) is 108 cm³/mol. The standard InChI is InChI=1S/C19H19NO4S3/c1-24-15-8-6-14(7-9-15)12-18(21)20-13-17(16-4-2-10-25-16)27(22,23)19-5-3-11-26-19/h2-11,17H,12-13H2,1H3,(H,20,21)/t17-/m0/s1. The van der Waals surface area contributed by atoms with Crippen molar-refractivity contribution in [2.24, 2.45) is 0 Å². The first kappa shape index (κ1) is 19.6. The summed E-state index contributed by atoms with van der Waals surface area (Å²) in [5.41, 5.74) is 0.835. The van der Waals surface area contributed by atoms with Gasteiger partial charge in [-0.2, -0.15) is 0 Å². The molecule has 0 saturated carbocycles. The van der Waals surface area contributed by atoms with Crippen molar-refractivity contribution in [1.29, 1.82) is 0 Å². The second-order valence-corrected chi connectivity index (χ2v) is 10.1. The summed E-state index contributed by atoms with van der Waals surface area (Å²) in [6, 6.07) is 14.1. The Hall–Kier alpha value is -2.16.